The Labute approximate surface area is 194 Å². The van der Waals surface area contributed by atoms with E-state index < -0.39 is 22.7 Å². The number of carbonyl (C=O) groups excluding carboxylic acids is 1. The predicted octanol–water partition coefficient (Wildman–Crippen LogP) is 5.55. The second-order valence-corrected chi connectivity index (χ2v) is 8.44. The van der Waals surface area contributed by atoms with Gasteiger partial charge in [0.1, 0.15) is 0 Å². The molecule has 0 unspecified atom stereocenters. The molecule has 1 heterocycles. The van der Waals surface area contributed by atoms with Gasteiger partial charge in [-0.2, -0.15) is 13.2 Å². The maximum absolute atomic E-state index is 13.7. The molecule has 0 saturated carbocycles. The van der Waals surface area contributed by atoms with Crippen LogP contribution in [0.1, 0.15) is 16.8 Å². The normalized spacial score (nSPS) is 12.6. The van der Waals surface area contributed by atoms with Gasteiger partial charge in [0.25, 0.3) is 5.69 Å². The van der Waals surface area contributed by atoms with Crippen molar-refractivity contribution in [3.05, 3.63) is 74.4 Å². The Hall–Kier alpha value is -3.18. The molecular formula is C21H14ClF3N4O3S. The van der Waals surface area contributed by atoms with E-state index in [2.05, 4.69) is 15.3 Å². The Kier molecular flexibility index (Phi) is 6.26. The lowest BCUT2D eigenvalue weighted by Gasteiger charge is -2.22. The quantitative estimate of drug-likeness (QED) is 0.216. The van der Waals surface area contributed by atoms with Gasteiger partial charge in [-0.1, -0.05) is 47.6 Å². The average Bonchev–Trinajstić information content (AvgIpc) is 2.77. The molecule has 12 heteroatoms. The highest BCUT2D eigenvalue weighted by atomic mass is 35.5. The number of alkyl halides is 3. The van der Waals surface area contributed by atoms with Crippen LogP contribution in [0, 0.1) is 10.1 Å². The van der Waals surface area contributed by atoms with Gasteiger partial charge in [0.05, 0.1) is 27.1 Å². The highest BCUT2D eigenvalue weighted by Crippen LogP contribution is 2.40. The molecule has 0 spiro atoms. The highest BCUT2D eigenvalue weighted by Gasteiger charge is 2.38. The molecule has 1 amide bonds. The first-order valence-electron chi connectivity index (χ1n) is 9.56. The number of hydrogen-bond donors (Lipinski definition) is 1. The third-order valence-corrected chi connectivity index (χ3v) is 6.10. The number of carbonyl (C=O) groups is 1. The first kappa shape index (κ1) is 23.0. The maximum atomic E-state index is 13.7. The predicted molar refractivity (Wildman–Crippen MR) is 117 cm³/mol. The largest absolute Gasteiger partial charge is 0.433 e. The summed E-state index contributed by atoms with van der Waals surface area (Å²) in [4.78, 5) is 30.5. The number of fused-ring (bicyclic) bond motifs is 3. The molecule has 0 saturated heterocycles. The van der Waals surface area contributed by atoms with Gasteiger partial charge < -0.3 is 5.32 Å². The minimum atomic E-state index is -4.66. The molecule has 3 aromatic rings. The molecule has 33 heavy (non-hydrogen) atoms. The number of aryl methyl sites for hydroxylation is 1. The van der Waals surface area contributed by atoms with Crippen LogP contribution in [0.5, 0.6) is 0 Å². The minimum Gasteiger partial charge on any atom is -0.324 e. The third-order valence-electron chi connectivity index (χ3n) is 4.94. The summed E-state index contributed by atoms with van der Waals surface area (Å²) in [6.45, 7) is 0. The molecule has 7 nitrogen and oxygen atoms in total. The summed E-state index contributed by atoms with van der Waals surface area (Å²) in [5.74, 6) is -0.864. The van der Waals surface area contributed by atoms with Crippen LogP contribution in [-0.2, 0) is 23.8 Å². The second kappa shape index (κ2) is 8.99. The third kappa shape index (κ3) is 4.93. The molecule has 0 aliphatic heterocycles. The Morgan fingerprint density at radius 2 is 1.94 bits per heavy atom. The molecule has 0 radical (unpaired) electrons. The van der Waals surface area contributed by atoms with Crippen molar-refractivity contribution in [3.8, 4) is 11.3 Å². The van der Waals surface area contributed by atoms with Crippen molar-refractivity contribution >= 4 is 40.6 Å². The topological polar surface area (TPSA) is 98.0 Å². The Bertz CT molecular complexity index is 1270. The summed E-state index contributed by atoms with van der Waals surface area (Å²) < 4.78 is 41.1. The number of amides is 1. The van der Waals surface area contributed by atoms with Gasteiger partial charge in [0, 0.05) is 23.3 Å². The highest BCUT2D eigenvalue weighted by molar-refractivity contribution is 7.99. The van der Waals surface area contributed by atoms with E-state index in [-0.39, 0.29) is 45.0 Å². The number of anilines is 1. The summed E-state index contributed by atoms with van der Waals surface area (Å²) >= 11 is 6.71. The number of nitrogens with one attached hydrogen (secondary N) is 1. The van der Waals surface area contributed by atoms with Crippen LogP contribution in [0.15, 0.2) is 47.6 Å². The molecule has 1 N–H and O–H groups in total. The van der Waals surface area contributed by atoms with Crippen LogP contribution in [0.3, 0.4) is 0 Å². The number of nitrogens with zero attached hydrogens (tertiary/aromatic N) is 3. The van der Waals surface area contributed by atoms with Crippen molar-refractivity contribution in [3.63, 3.8) is 0 Å². The molecule has 1 aliphatic rings. The molecule has 1 aromatic heterocycles. The molecular weight excluding hydrogens is 481 g/mol. The lowest BCUT2D eigenvalue weighted by Crippen LogP contribution is -2.19. The number of thioether (sulfide) groups is 1. The van der Waals surface area contributed by atoms with E-state index in [1.54, 1.807) is 12.1 Å². The Morgan fingerprint density at radius 3 is 2.64 bits per heavy atom. The fourth-order valence-electron chi connectivity index (χ4n) is 3.49. The van der Waals surface area contributed by atoms with Crippen molar-refractivity contribution in [2.75, 3.05) is 11.1 Å². The van der Waals surface area contributed by atoms with Crippen molar-refractivity contribution in [2.45, 2.75) is 24.2 Å². The fourth-order valence-corrected chi connectivity index (χ4v) is 4.35. The summed E-state index contributed by atoms with van der Waals surface area (Å²) in [7, 11) is 0. The number of non-ortho nitro benzene ring substituents is 1. The summed E-state index contributed by atoms with van der Waals surface area (Å²) in [5.41, 5.74) is 0.698. The van der Waals surface area contributed by atoms with E-state index in [4.69, 9.17) is 11.6 Å². The smallest absolute Gasteiger partial charge is 0.324 e. The summed E-state index contributed by atoms with van der Waals surface area (Å²) in [5, 5.41) is 13.0. The number of aromatic nitrogens is 2. The number of nitro benzene ring substituents is 1. The van der Waals surface area contributed by atoms with Gasteiger partial charge in [-0.15, -0.1) is 0 Å². The molecule has 1 aliphatic carbocycles. The molecule has 4 rings (SSSR count). The summed E-state index contributed by atoms with van der Waals surface area (Å²) in [6, 6.07) is 10.7. The zero-order valence-corrected chi connectivity index (χ0v) is 18.2. The summed E-state index contributed by atoms with van der Waals surface area (Å²) in [6.07, 6.45) is -4.03. The monoisotopic (exact) mass is 494 g/mol. The zero-order valence-electron chi connectivity index (χ0n) is 16.6. The standard InChI is InChI=1S/C21H14ClF3N4O3S/c22-15-9-12(29(31)32)6-8-16(15)26-17(30)10-33-20-27-18-13-4-2-1-3-11(13)5-7-14(18)19(28-20)21(23,24)25/h1-4,6,8-9H,5,7,10H2,(H,26,30). The lowest BCUT2D eigenvalue weighted by atomic mass is 9.88. The van der Waals surface area contributed by atoms with Crippen molar-refractivity contribution in [1.82, 2.24) is 9.97 Å². The lowest BCUT2D eigenvalue weighted by molar-refractivity contribution is -0.384. The molecule has 170 valence electrons. The van der Waals surface area contributed by atoms with Crippen LogP contribution < -0.4 is 5.32 Å². The first-order chi connectivity index (χ1) is 15.6. The van der Waals surface area contributed by atoms with E-state index in [9.17, 15) is 28.1 Å². The van der Waals surface area contributed by atoms with Crippen molar-refractivity contribution in [1.29, 1.82) is 0 Å². The SMILES string of the molecule is O=C(CSc1nc2c(c(C(F)(F)F)n1)CCc1ccccc1-2)Nc1ccc([N+](=O)[O-])cc1Cl. The van der Waals surface area contributed by atoms with E-state index in [0.717, 1.165) is 23.4 Å². The molecule has 0 bridgehead atoms. The van der Waals surface area contributed by atoms with Gasteiger partial charge in [-0.3, -0.25) is 14.9 Å². The minimum absolute atomic E-state index is 0.0384. The molecule has 0 atom stereocenters. The van der Waals surface area contributed by atoms with Gasteiger partial charge >= 0.3 is 6.18 Å². The van der Waals surface area contributed by atoms with Crippen LogP contribution in [0.4, 0.5) is 24.5 Å². The fraction of sp³-hybridized carbons (Fsp3) is 0.190. The molecule has 0 fully saturated rings. The number of nitro groups is 1. The first-order valence-corrected chi connectivity index (χ1v) is 10.9. The number of rotatable bonds is 5. The van der Waals surface area contributed by atoms with E-state index in [0.29, 0.717) is 12.0 Å². The van der Waals surface area contributed by atoms with E-state index in [1.165, 1.54) is 12.1 Å². The zero-order chi connectivity index (χ0) is 23.8. The maximum Gasteiger partial charge on any atom is 0.433 e. The second-order valence-electron chi connectivity index (χ2n) is 7.09. The van der Waals surface area contributed by atoms with Gasteiger partial charge in [0.2, 0.25) is 5.91 Å². The van der Waals surface area contributed by atoms with Crippen molar-refractivity contribution in [2.24, 2.45) is 0 Å². The van der Waals surface area contributed by atoms with Gasteiger partial charge in [-0.25, -0.2) is 9.97 Å². The number of benzene rings is 2. The van der Waals surface area contributed by atoms with Crippen LogP contribution in [0.25, 0.3) is 11.3 Å². The van der Waals surface area contributed by atoms with Crippen molar-refractivity contribution < 1.29 is 22.9 Å². The van der Waals surface area contributed by atoms with Crippen LogP contribution in [-0.4, -0.2) is 26.6 Å². The van der Waals surface area contributed by atoms with Gasteiger partial charge in [-0.05, 0) is 24.5 Å². The number of hydrogen-bond acceptors (Lipinski definition) is 6. The van der Waals surface area contributed by atoms with Gasteiger partial charge in [0.15, 0.2) is 10.9 Å². The Morgan fingerprint density at radius 1 is 1.18 bits per heavy atom. The Balaban J connectivity index is 1.57. The number of halogens is 4. The molecule has 2 aromatic carbocycles. The van der Waals surface area contributed by atoms with Crippen LogP contribution >= 0.6 is 23.4 Å². The van der Waals surface area contributed by atoms with E-state index >= 15 is 0 Å². The van der Waals surface area contributed by atoms with Crippen LogP contribution in [0.2, 0.25) is 5.02 Å². The average molecular weight is 495 g/mol. The van der Waals surface area contributed by atoms with E-state index in [1.807, 2.05) is 12.1 Å².